The minimum absolute atomic E-state index is 0.103. The topological polar surface area (TPSA) is 78.9 Å². The van der Waals surface area contributed by atoms with Crippen LogP contribution in [0.15, 0.2) is 122 Å². The molecule has 0 spiro atoms. The number of ether oxygens (including phenoxy) is 3. The number of hydrogen-bond acceptors (Lipinski definition) is 6. The first-order valence-corrected chi connectivity index (χ1v) is 33.0. The predicted molar refractivity (Wildman–Crippen MR) is 343 cm³/mol. The molecule has 0 heterocycles. The van der Waals surface area contributed by atoms with Gasteiger partial charge in [0.2, 0.25) is 0 Å². The van der Waals surface area contributed by atoms with E-state index < -0.39 is 6.10 Å². The van der Waals surface area contributed by atoms with E-state index in [0.717, 1.165) is 109 Å². The van der Waals surface area contributed by atoms with Crippen LogP contribution in [0.25, 0.3) is 0 Å². The molecular weight excluding hydrogens is 973 g/mol. The van der Waals surface area contributed by atoms with Gasteiger partial charge in [0.25, 0.3) is 0 Å². The summed E-state index contributed by atoms with van der Waals surface area (Å²) in [5, 5.41) is 0. The SMILES string of the molecule is CC/C=C\C/C=C\C/C=C\C/C=C\C/C=C\C/C=C\C/C=C\CCCC(=O)OCC(COC(=O)CCCCCCC/C=C\CCCCCCCC)OC(=O)CCCCCCCCCCCCC/C=C\C/C=C\CCCCCCC. The molecule has 0 aromatic carbocycles. The van der Waals surface area contributed by atoms with Crippen molar-refractivity contribution in [2.75, 3.05) is 13.2 Å². The molecule has 79 heavy (non-hydrogen) atoms. The summed E-state index contributed by atoms with van der Waals surface area (Å²) in [7, 11) is 0. The Bertz CT molecular complexity index is 1640. The maximum atomic E-state index is 12.9. The van der Waals surface area contributed by atoms with Crippen LogP contribution in [0, 0.1) is 0 Å². The number of unbranched alkanes of at least 4 members (excludes halogenated alkanes) is 28. The summed E-state index contributed by atoms with van der Waals surface area (Å²) in [5.41, 5.74) is 0. The van der Waals surface area contributed by atoms with E-state index in [4.69, 9.17) is 14.2 Å². The van der Waals surface area contributed by atoms with Gasteiger partial charge < -0.3 is 14.2 Å². The highest BCUT2D eigenvalue weighted by Gasteiger charge is 2.19. The van der Waals surface area contributed by atoms with Crippen LogP contribution in [0.2, 0.25) is 0 Å². The van der Waals surface area contributed by atoms with Crippen LogP contribution >= 0.6 is 0 Å². The fourth-order valence-electron chi connectivity index (χ4n) is 8.99. The molecule has 0 fully saturated rings. The first-order valence-electron chi connectivity index (χ1n) is 33.0. The molecule has 1 unspecified atom stereocenters. The molecule has 0 saturated heterocycles. The van der Waals surface area contributed by atoms with Gasteiger partial charge in [-0.15, -0.1) is 0 Å². The number of allylic oxidation sites excluding steroid dienone is 20. The molecule has 0 bridgehead atoms. The van der Waals surface area contributed by atoms with E-state index in [1.54, 1.807) is 0 Å². The van der Waals surface area contributed by atoms with Gasteiger partial charge in [0, 0.05) is 19.3 Å². The van der Waals surface area contributed by atoms with E-state index in [2.05, 4.69) is 142 Å². The standard InChI is InChI=1S/C73H122O6/c1-4-7-10-13-16-19-22-25-28-30-32-34-36-38-40-42-45-48-51-54-57-60-63-66-72(75)78-69-70(68-77-71(74)65-62-59-56-53-50-47-44-27-24-21-18-15-12-9-6-3)79-73(76)67-64-61-58-55-52-49-46-43-41-39-37-35-33-31-29-26-23-20-17-14-11-8-5-2/h7,10,16,19,23,25-28,31-34,38,40,44-45,48,54,57,70H,4-6,8-9,11-15,17-18,20-22,24,29-30,35-37,39,41-43,46-47,49-53,55-56,58-69H2,1-3H3/b10-7-,19-16-,26-23-,28-25-,33-31-,34-32-,40-38-,44-27-,48-45-,57-54-. The van der Waals surface area contributed by atoms with Crippen molar-refractivity contribution in [2.24, 2.45) is 0 Å². The molecule has 0 aromatic heterocycles. The predicted octanol–water partition coefficient (Wildman–Crippen LogP) is 22.8. The lowest BCUT2D eigenvalue weighted by Crippen LogP contribution is -2.30. The van der Waals surface area contributed by atoms with E-state index in [1.165, 1.54) is 148 Å². The second-order valence-corrected chi connectivity index (χ2v) is 21.6. The Kier molecular flexibility index (Phi) is 62.8. The number of carbonyl (C=O) groups is 3. The van der Waals surface area contributed by atoms with Gasteiger partial charge in [0.1, 0.15) is 13.2 Å². The van der Waals surface area contributed by atoms with E-state index in [-0.39, 0.29) is 37.5 Å². The van der Waals surface area contributed by atoms with Crippen molar-refractivity contribution in [1.29, 1.82) is 0 Å². The van der Waals surface area contributed by atoms with Crippen LogP contribution in [0.4, 0.5) is 0 Å². The third-order valence-corrected chi connectivity index (χ3v) is 13.9. The first-order chi connectivity index (χ1) is 39.0. The summed E-state index contributed by atoms with van der Waals surface area (Å²) >= 11 is 0. The number of esters is 3. The van der Waals surface area contributed by atoms with E-state index >= 15 is 0 Å². The van der Waals surface area contributed by atoms with E-state index in [1.807, 2.05) is 0 Å². The molecule has 0 saturated carbocycles. The zero-order valence-electron chi connectivity index (χ0n) is 51.6. The summed E-state index contributed by atoms with van der Waals surface area (Å²) in [6, 6.07) is 0. The summed E-state index contributed by atoms with van der Waals surface area (Å²) in [4.78, 5) is 38.4. The molecular formula is C73H122O6. The Morgan fingerprint density at radius 1 is 0.266 bits per heavy atom. The minimum atomic E-state index is -0.811. The Hall–Kier alpha value is -4.19. The highest BCUT2D eigenvalue weighted by Crippen LogP contribution is 2.15. The quantitative estimate of drug-likeness (QED) is 0.0261. The normalized spacial score (nSPS) is 12.9. The maximum Gasteiger partial charge on any atom is 0.306 e. The lowest BCUT2D eigenvalue weighted by atomic mass is 10.0. The Labute approximate surface area is 488 Å². The molecule has 0 aromatic rings. The lowest BCUT2D eigenvalue weighted by molar-refractivity contribution is -0.167. The van der Waals surface area contributed by atoms with Gasteiger partial charge in [-0.2, -0.15) is 0 Å². The van der Waals surface area contributed by atoms with Gasteiger partial charge in [-0.25, -0.2) is 0 Å². The average Bonchev–Trinajstić information content (AvgIpc) is 3.45. The van der Waals surface area contributed by atoms with Gasteiger partial charge in [-0.1, -0.05) is 277 Å². The second kappa shape index (κ2) is 66.3. The summed E-state index contributed by atoms with van der Waals surface area (Å²) in [6.07, 6.45) is 92.1. The fraction of sp³-hybridized carbons (Fsp3) is 0.685. The molecule has 6 heteroatoms. The molecule has 0 radical (unpaired) electrons. The maximum absolute atomic E-state index is 12.9. The summed E-state index contributed by atoms with van der Waals surface area (Å²) in [5.74, 6) is -0.968. The van der Waals surface area contributed by atoms with Crippen molar-refractivity contribution in [2.45, 2.75) is 309 Å². The smallest absolute Gasteiger partial charge is 0.306 e. The zero-order valence-corrected chi connectivity index (χ0v) is 51.6. The lowest BCUT2D eigenvalue weighted by Gasteiger charge is -2.18. The van der Waals surface area contributed by atoms with Crippen LogP contribution in [0.5, 0.6) is 0 Å². The number of carbonyl (C=O) groups excluding carboxylic acids is 3. The van der Waals surface area contributed by atoms with Crippen molar-refractivity contribution in [3.63, 3.8) is 0 Å². The van der Waals surface area contributed by atoms with Gasteiger partial charge in [0.05, 0.1) is 0 Å². The van der Waals surface area contributed by atoms with Gasteiger partial charge >= 0.3 is 17.9 Å². The van der Waals surface area contributed by atoms with Crippen LogP contribution in [0.1, 0.15) is 303 Å². The third-order valence-electron chi connectivity index (χ3n) is 13.9. The van der Waals surface area contributed by atoms with E-state index in [0.29, 0.717) is 19.3 Å². The molecule has 1 atom stereocenters. The van der Waals surface area contributed by atoms with Gasteiger partial charge in [0.15, 0.2) is 6.10 Å². The second-order valence-electron chi connectivity index (χ2n) is 21.6. The van der Waals surface area contributed by atoms with Crippen LogP contribution in [-0.2, 0) is 28.6 Å². The number of hydrogen-bond donors (Lipinski definition) is 0. The van der Waals surface area contributed by atoms with Crippen LogP contribution < -0.4 is 0 Å². The zero-order chi connectivity index (χ0) is 57.1. The van der Waals surface area contributed by atoms with E-state index in [9.17, 15) is 14.4 Å². The molecule has 0 rings (SSSR count). The molecule has 0 N–H and O–H groups in total. The Balaban J connectivity index is 4.47. The molecule has 450 valence electrons. The largest absolute Gasteiger partial charge is 0.462 e. The van der Waals surface area contributed by atoms with Crippen molar-refractivity contribution in [3.05, 3.63) is 122 Å². The van der Waals surface area contributed by atoms with Crippen LogP contribution in [0.3, 0.4) is 0 Å². The van der Waals surface area contributed by atoms with Gasteiger partial charge in [-0.3, -0.25) is 14.4 Å². The molecule has 0 amide bonds. The monoisotopic (exact) mass is 1090 g/mol. The van der Waals surface area contributed by atoms with Crippen LogP contribution in [-0.4, -0.2) is 37.2 Å². The van der Waals surface area contributed by atoms with Crippen molar-refractivity contribution in [3.8, 4) is 0 Å². The highest BCUT2D eigenvalue weighted by molar-refractivity contribution is 5.71. The third kappa shape index (κ3) is 64.5. The molecule has 0 aliphatic heterocycles. The summed E-state index contributed by atoms with van der Waals surface area (Å²) < 4.78 is 16.9. The average molecular weight is 1100 g/mol. The highest BCUT2D eigenvalue weighted by atomic mass is 16.6. The van der Waals surface area contributed by atoms with Crippen molar-refractivity contribution in [1.82, 2.24) is 0 Å². The number of rotatable bonds is 59. The molecule has 0 aliphatic carbocycles. The molecule has 6 nitrogen and oxygen atoms in total. The summed E-state index contributed by atoms with van der Waals surface area (Å²) in [6.45, 7) is 6.47. The minimum Gasteiger partial charge on any atom is -0.462 e. The van der Waals surface area contributed by atoms with Crippen molar-refractivity contribution < 1.29 is 28.6 Å². The first kappa shape index (κ1) is 74.8. The Morgan fingerprint density at radius 3 is 0.835 bits per heavy atom. The fourth-order valence-corrected chi connectivity index (χ4v) is 8.99. The van der Waals surface area contributed by atoms with Crippen molar-refractivity contribution >= 4 is 17.9 Å². The van der Waals surface area contributed by atoms with Gasteiger partial charge in [-0.05, 0) is 128 Å². The Morgan fingerprint density at radius 2 is 0.506 bits per heavy atom. The molecule has 0 aliphatic rings.